The third-order valence-electron chi connectivity index (χ3n) is 4.42. The van der Waals surface area contributed by atoms with Crippen LogP contribution in [0, 0.1) is 45.3 Å². The molecule has 0 rings (SSSR count). The highest BCUT2D eigenvalue weighted by Gasteiger charge is 2.20. The molecule has 150 valence electrons. The molecule has 26 heavy (non-hydrogen) atoms. The van der Waals surface area contributed by atoms with E-state index in [1.54, 1.807) is 0 Å². The lowest BCUT2D eigenvalue weighted by atomic mass is 9.83. The first-order chi connectivity index (χ1) is 11.9. The average molecular weight is 363 g/mol. The fraction of sp³-hybridized carbons (Fsp3) is 0.909. The Labute approximate surface area is 162 Å². The summed E-state index contributed by atoms with van der Waals surface area (Å²) in [4.78, 5) is 0. The maximum Gasteiger partial charge on any atom is 0.0955 e. The second-order valence-corrected chi connectivity index (χ2v) is 10.5. The Morgan fingerprint density at radius 3 is 1.23 bits per heavy atom. The highest BCUT2D eigenvalue weighted by molar-refractivity contribution is 4.93. The third-order valence-corrected chi connectivity index (χ3v) is 4.42. The Morgan fingerprint density at radius 2 is 1.00 bits per heavy atom. The Kier molecular flexibility index (Phi) is 11.1. The summed E-state index contributed by atoms with van der Waals surface area (Å²) < 4.78 is 0. The summed E-state index contributed by atoms with van der Waals surface area (Å²) in [6.45, 7) is 19.3. The van der Waals surface area contributed by atoms with Crippen LogP contribution in [0.15, 0.2) is 0 Å². The standard InChI is InChI=1S/C22H42N4/c1-17(13-21(3,4)5)11-19(15-23)25-9-10-26-20(16-24)12-18(2)14-22(6,7)8/h17-20,25-26H,9-14H2,1-8H3/t17-,18+,19-,20-/m0/s1. The van der Waals surface area contributed by atoms with Gasteiger partial charge in [-0.25, -0.2) is 0 Å². The van der Waals surface area contributed by atoms with Crippen molar-refractivity contribution in [2.24, 2.45) is 22.7 Å². The summed E-state index contributed by atoms with van der Waals surface area (Å²) in [6.07, 6.45) is 3.98. The van der Waals surface area contributed by atoms with Crippen molar-refractivity contribution in [1.29, 1.82) is 10.5 Å². The zero-order valence-electron chi connectivity index (χ0n) is 18.4. The zero-order valence-corrected chi connectivity index (χ0v) is 18.4. The molecular weight excluding hydrogens is 320 g/mol. The molecule has 2 N–H and O–H groups in total. The van der Waals surface area contributed by atoms with E-state index in [4.69, 9.17) is 0 Å². The maximum absolute atomic E-state index is 9.37. The van der Waals surface area contributed by atoms with Crippen LogP contribution in [0.1, 0.15) is 81.1 Å². The van der Waals surface area contributed by atoms with Gasteiger partial charge >= 0.3 is 0 Å². The van der Waals surface area contributed by atoms with Gasteiger partial charge in [-0.3, -0.25) is 0 Å². The van der Waals surface area contributed by atoms with Gasteiger partial charge in [0, 0.05) is 13.1 Å². The average Bonchev–Trinajstić information content (AvgIpc) is 2.45. The molecule has 0 saturated heterocycles. The first kappa shape index (κ1) is 24.9. The predicted octanol–water partition coefficient (Wildman–Crippen LogP) is 4.87. The van der Waals surface area contributed by atoms with E-state index < -0.39 is 0 Å². The van der Waals surface area contributed by atoms with Gasteiger partial charge in [-0.2, -0.15) is 10.5 Å². The molecule has 0 spiro atoms. The van der Waals surface area contributed by atoms with Gasteiger partial charge in [0.2, 0.25) is 0 Å². The predicted molar refractivity (Wildman–Crippen MR) is 111 cm³/mol. The number of rotatable bonds is 11. The van der Waals surface area contributed by atoms with Crippen LogP contribution < -0.4 is 10.6 Å². The number of hydrogen-bond donors (Lipinski definition) is 2. The maximum atomic E-state index is 9.37. The minimum atomic E-state index is -0.116. The monoisotopic (exact) mass is 362 g/mol. The molecule has 0 aromatic rings. The topological polar surface area (TPSA) is 71.6 Å². The molecule has 4 heteroatoms. The lowest BCUT2D eigenvalue weighted by Crippen LogP contribution is -2.39. The smallest absolute Gasteiger partial charge is 0.0955 e. The number of nitrogens with zero attached hydrogens (tertiary/aromatic N) is 2. The van der Waals surface area contributed by atoms with Crippen molar-refractivity contribution in [3.63, 3.8) is 0 Å². The van der Waals surface area contributed by atoms with E-state index in [1.165, 1.54) is 0 Å². The zero-order chi connectivity index (χ0) is 20.4. The van der Waals surface area contributed by atoms with E-state index in [-0.39, 0.29) is 12.1 Å². The van der Waals surface area contributed by atoms with Gasteiger partial charge in [-0.15, -0.1) is 0 Å². The molecule has 4 nitrogen and oxygen atoms in total. The molecule has 0 radical (unpaired) electrons. The molecule has 0 aliphatic carbocycles. The normalized spacial score (nSPS) is 17.0. The molecule has 0 saturated carbocycles. The Morgan fingerprint density at radius 1 is 0.692 bits per heavy atom. The molecule has 0 amide bonds. The van der Waals surface area contributed by atoms with Crippen LogP contribution in [0.5, 0.6) is 0 Å². The van der Waals surface area contributed by atoms with Crippen LogP contribution in [0.2, 0.25) is 0 Å². The Hall–Kier alpha value is -1.10. The molecule has 0 bridgehead atoms. The first-order valence-corrected chi connectivity index (χ1v) is 10.1. The van der Waals surface area contributed by atoms with Crippen molar-refractivity contribution >= 4 is 0 Å². The molecule has 0 aliphatic heterocycles. The van der Waals surface area contributed by atoms with Crippen molar-refractivity contribution < 1.29 is 0 Å². The van der Waals surface area contributed by atoms with Crippen molar-refractivity contribution in [3.8, 4) is 12.1 Å². The SMILES string of the molecule is C[C@H](C[C@@H](C#N)NCCN[C@H](C#N)C[C@H](C)CC(C)(C)C)CC(C)(C)C. The van der Waals surface area contributed by atoms with Crippen molar-refractivity contribution in [2.45, 2.75) is 93.2 Å². The highest BCUT2D eigenvalue weighted by Crippen LogP contribution is 2.27. The molecule has 0 aromatic heterocycles. The quantitative estimate of drug-likeness (QED) is 0.514. The lowest BCUT2D eigenvalue weighted by molar-refractivity contribution is 0.281. The van der Waals surface area contributed by atoms with E-state index in [0.717, 1.165) is 25.7 Å². The van der Waals surface area contributed by atoms with E-state index >= 15 is 0 Å². The number of nitrogens with one attached hydrogen (secondary N) is 2. The molecular formula is C22H42N4. The third kappa shape index (κ3) is 14.1. The molecule has 0 aliphatic rings. The molecule has 0 fully saturated rings. The molecule has 4 atom stereocenters. The summed E-state index contributed by atoms with van der Waals surface area (Å²) in [5, 5.41) is 25.4. The molecule has 0 aromatic carbocycles. The largest absolute Gasteiger partial charge is 0.301 e. The summed E-state index contributed by atoms with van der Waals surface area (Å²) in [6, 6.07) is 4.52. The Balaban J connectivity index is 4.16. The van der Waals surface area contributed by atoms with Crippen LogP contribution in [-0.4, -0.2) is 25.2 Å². The first-order valence-electron chi connectivity index (χ1n) is 10.1. The number of nitriles is 2. The van der Waals surface area contributed by atoms with Crippen LogP contribution in [0.3, 0.4) is 0 Å². The second kappa shape index (κ2) is 11.6. The van der Waals surface area contributed by atoms with Crippen LogP contribution in [0.4, 0.5) is 0 Å². The number of hydrogen-bond acceptors (Lipinski definition) is 4. The van der Waals surface area contributed by atoms with Crippen LogP contribution >= 0.6 is 0 Å². The van der Waals surface area contributed by atoms with Crippen molar-refractivity contribution in [1.82, 2.24) is 10.6 Å². The fourth-order valence-electron chi connectivity index (χ4n) is 3.92. The second-order valence-electron chi connectivity index (χ2n) is 10.5. The summed E-state index contributed by atoms with van der Waals surface area (Å²) in [7, 11) is 0. The van der Waals surface area contributed by atoms with Gasteiger partial charge in [0.25, 0.3) is 0 Å². The summed E-state index contributed by atoms with van der Waals surface area (Å²) in [5.74, 6) is 1.04. The minimum Gasteiger partial charge on any atom is -0.301 e. The van der Waals surface area contributed by atoms with Crippen molar-refractivity contribution in [3.05, 3.63) is 0 Å². The summed E-state index contributed by atoms with van der Waals surface area (Å²) >= 11 is 0. The molecule has 0 heterocycles. The van der Waals surface area contributed by atoms with E-state index in [9.17, 15) is 10.5 Å². The lowest BCUT2D eigenvalue weighted by Gasteiger charge is -2.25. The fourth-order valence-corrected chi connectivity index (χ4v) is 3.92. The van der Waals surface area contributed by atoms with Crippen molar-refractivity contribution in [2.75, 3.05) is 13.1 Å². The Bertz CT molecular complexity index is 414. The van der Waals surface area contributed by atoms with Gasteiger partial charge in [-0.05, 0) is 48.3 Å². The minimum absolute atomic E-state index is 0.116. The van der Waals surface area contributed by atoms with E-state index in [1.807, 2.05) is 0 Å². The van der Waals surface area contributed by atoms with Gasteiger partial charge in [0.05, 0.1) is 24.2 Å². The van der Waals surface area contributed by atoms with E-state index in [0.29, 0.717) is 35.8 Å². The van der Waals surface area contributed by atoms with Gasteiger partial charge in [0.15, 0.2) is 0 Å². The summed E-state index contributed by atoms with van der Waals surface area (Å²) in [5.41, 5.74) is 0.593. The van der Waals surface area contributed by atoms with Crippen LogP contribution in [-0.2, 0) is 0 Å². The van der Waals surface area contributed by atoms with Crippen LogP contribution in [0.25, 0.3) is 0 Å². The van der Waals surface area contributed by atoms with Gasteiger partial charge in [0.1, 0.15) is 0 Å². The van der Waals surface area contributed by atoms with Gasteiger partial charge < -0.3 is 10.6 Å². The molecule has 0 unspecified atom stereocenters. The van der Waals surface area contributed by atoms with Gasteiger partial charge in [-0.1, -0.05) is 55.4 Å². The van der Waals surface area contributed by atoms with E-state index in [2.05, 4.69) is 78.2 Å². The highest BCUT2D eigenvalue weighted by atomic mass is 15.0.